The topological polar surface area (TPSA) is 41.3 Å². The number of nitrogens with one attached hydrogen (secondary N) is 1. The van der Waals surface area contributed by atoms with Crippen LogP contribution < -0.4 is 5.32 Å². The fourth-order valence-electron chi connectivity index (χ4n) is 2.90. The number of nitrogens with zero attached hydrogens (tertiary/aromatic N) is 2. The first-order valence-electron chi connectivity index (χ1n) is 7.01. The average molecular weight is 251 g/mol. The second-order valence-electron chi connectivity index (χ2n) is 5.46. The molecule has 0 bridgehead atoms. The first-order chi connectivity index (χ1) is 8.61. The van der Waals surface area contributed by atoms with E-state index in [1.807, 2.05) is 13.0 Å². The highest BCUT2D eigenvalue weighted by atomic mass is 16.5. The van der Waals surface area contributed by atoms with Gasteiger partial charge in [-0.15, -0.1) is 0 Å². The van der Waals surface area contributed by atoms with E-state index < -0.39 is 0 Å². The summed E-state index contributed by atoms with van der Waals surface area (Å²) in [5.41, 5.74) is 0.966. The molecule has 1 saturated heterocycles. The van der Waals surface area contributed by atoms with Crippen LogP contribution in [0.3, 0.4) is 0 Å². The van der Waals surface area contributed by atoms with Crippen LogP contribution in [0.15, 0.2) is 10.6 Å². The molecule has 4 nitrogen and oxygen atoms in total. The minimum absolute atomic E-state index is 0.577. The molecule has 102 valence electrons. The largest absolute Gasteiger partial charge is 0.360 e. The van der Waals surface area contributed by atoms with Crippen molar-refractivity contribution in [2.24, 2.45) is 5.92 Å². The quantitative estimate of drug-likeness (QED) is 0.890. The van der Waals surface area contributed by atoms with Crippen molar-refractivity contribution >= 4 is 0 Å². The van der Waals surface area contributed by atoms with Crippen LogP contribution in [0.1, 0.15) is 38.6 Å². The fourth-order valence-corrected chi connectivity index (χ4v) is 2.90. The summed E-state index contributed by atoms with van der Waals surface area (Å²) in [6, 6.07) is 3.26. The third-order valence-electron chi connectivity index (χ3n) is 4.20. The van der Waals surface area contributed by atoms with Crippen LogP contribution in [0.25, 0.3) is 0 Å². The van der Waals surface area contributed by atoms with Gasteiger partial charge >= 0.3 is 0 Å². The summed E-state index contributed by atoms with van der Waals surface area (Å²) in [7, 11) is 0. The monoisotopic (exact) mass is 251 g/mol. The number of hydrogen-bond donors (Lipinski definition) is 1. The highest BCUT2D eigenvalue weighted by Crippen LogP contribution is 2.25. The molecule has 1 aliphatic rings. The minimum atomic E-state index is 0.577. The second-order valence-corrected chi connectivity index (χ2v) is 5.46. The summed E-state index contributed by atoms with van der Waals surface area (Å²) in [5.74, 6) is 1.65. The third kappa shape index (κ3) is 2.93. The van der Waals surface area contributed by atoms with E-state index in [1.54, 1.807) is 0 Å². The van der Waals surface area contributed by atoms with Crippen LogP contribution in [-0.2, 0) is 6.54 Å². The van der Waals surface area contributed by atoms with E-state index in [1.165, 1.54) is 6.42 Å². The Morgan fingerprint density at radius 2 is 2.28 bits per heavy atom. The Labute approximate surface area is 110 Å². The Hall–Kier alpha value is -0.870. The van der Waals surface area contributed by atoms with E-state index in [4.69, 9.17) is 4.52 Å². The SMILES string of the molecule is CCNC1CCN(Cc2cc(C)no2)C(C)C1C. The molecule has 3 unspecified atom stereocenters. The van der Waals surface area contributed by atoms with Gasteiger partial charge in [0.25, 0.3) is 0 Å². The van der Waals surface area contributed by atoms with Gasteiger partial charge in [0.2, 0.25) is 0 Å². The molecule has 0 radical (unpaired) electrons. The van der Waals surface area contributed by atoms with Gasteiger partial charge in [0.15, 0.2) is 5.76 Å². The Kier molecular flexibility index (Phi) is 4.40. The normalized spacial score (nSPS) is 29.7. The van der Waals surface area contributed by atoms with E-state index in [2.05, 4.69) is 36.1 Å². The van der Waals surface area contributed by atoms with Crippen molar-refractivity contribution in [1.29, 1.82) is 0 Å². The highest BCUT2D eigenvalue weighted by molar-refractivity contribution is 5.03. The number of aryl methyl sites for hydroxylation is 1. The van der Waals surface area contributed by atoms with Gasteiger partial charge < -0.3 is 9.84 Å². The predicted octanol–water partition coefficient (Wildman–Crippen LogP) is 2.19. The molecule has 1 aromatic heterocycles. The molecule has 2 rings (SSSR count). The molecule has 1 N–H and O–H groups in total. The molecule has 3 atom stereocenters. The number of piperidine rings is 1. The molecule has 4 heteroatoms. The zero-order chi connectivity index (χ0) is 13.1. The van der Waals surface area contributed by atoms with Crippen LogP contribution >= 0.6 is 0 Å². The van der Waals surface area contributed by atoms with E-state index in [0.29, 0.717) is 18.0 Å². The molecule has 0 spiro atoms. The predicted molar refractivity (Wildman–Crippen MR) is 72.4 cm³/mol. The third-order valence-corrected chi connectivity index (χ3v) is 4.20. The van der Waals surface area contributed by atoms with Gasteiger partial charge in [-0.2, -0.15) is 0 Å². The Morgan fingerprint density at radius 3 is 2.89 bits per heavy atom. The summed E-state index contributed by atoms with van der Waals surface area (Å²) in [5, 5.41) is 7.55. The Balaban J connectivity index is 1.95. The van der Waals surface area contributed by atoms with Gasteiger partial charge in [-0.05, 0) is 32.7 Å². The smallest absolute Gasteiger partial charge is 0.150 e. The van der Waals surface area contributed by atoms with Gasteiger partial charge in [0.1, 0.15) is 0 Å². The standard InChI is InChI=1S/C14H25N3O/c1-5-15-14-6-7-17(12(4)11(14)3)9-13-8-10(2)16-18-13/h8,11-12,14-15H,5-7,9H2,1-4H3. The molecule has 18 heavy (non-hydrogen) atoms. The van der Waals surface area contributed by atoms with Crippen molar-refractivity contribution in [3.63, 3.8) is 0 Å². The average Bonchev–Trinajstić information content (AvgIpc) is 2.75. The molecule has 1 aromatic rings. The first-order valence-corrected chi connectivity index (χ1v) is 7.01. The van der Waals surface area contributed by atoms with Crippen LogP contribution in [0, 0.1) is 12.8 Å². The Morgan fingerprint density at radius 1 is 1.50 bits per heavy atom. The van der Waals surface area contributed by atoms with Crippen molar-refractivity contribution in [2.75, 3.05) is 13.1 Å². The lowest BCUT2D eigenvalue weighted by atomic mass is 9.87. The van der Waals surface area contributed by atoms with Crippen molar-refractivity contribution in [3.8, 4) is 0 Å². The van der Waals surface area contributed by atoms with Crippen molar-refractivity contribution in [1.82, 2.24) is 15.4 Å². The van der Waals surface area contributed by atoms with Gasteiger partial charge in [0, 0.05) is 24.7 Å². The van der Waals surface area contributed by atoms with E-state index in [-0.39, 0.29) is 0 Å². The maximum atomic E-state index is 5.32. The molecule has 0 aliphatic carbocycles. The van der Waals surface area contributed by atoms with E-state index in [0.717, 1.165) is 31.1 Å². The van der Waals surface area contributed by atoms with Gasteiger partial charge in [-0.1, -0.05) is 19.0 Å². The Bertz CT molecular complexity index is 377. The lowest BCUT2D eigenvalue weighted by Crippen LogP contribution is -2.52. The maximum absolute atomic E-state index is 5.32. The summed E-state index contributed by atoms with van der Waals surface area (Å²) in [6.07, 6.45) is 1.21. The fraction of sp³-hybridized carbons (Fsp3) is 0.786. The number of aromatic nitrogens is 1. The number of rotatable bonds is 4. The van der Waals surface area contributed by atoms with Crippen molar-refractivity contribution < 1.29 is 4.52 Å². The minimum Gasteiger partial charge on any atom is -0.360 e. The van der Waals surface area contributed by atoms with Crippen molar-refractivity contribution in [2.45, 2.75) is 52.7 Å². The van der Waals surface area contributed by atoms with E-state index >= 15 is 0 Å². The van der Waals surface area contributed by atoms with Crippen LogP contribution in [0.5, 0.6) is 0 Å². The highest BCUT2D eigenvalue weighted by Gasteiger charge is 2.32. The molecule has 1 fully saturated rings. The lowest BCUT2D eigenvalue weighted by molar-refractivity contribution is 0.0710. The zero-order valence-corrected chi connectivity index (χ0v) is 11.9. The lowest BCUT2D eigenvalue weighted by Gasteiger charge is -2.42. The van der Waals surface area contributed by atoms with Crippen LogP contribution in [-0.4, -0.2) is 35.2 Å². The van der Waals surface area contributed by atoms with Crippen molar-refractivity contribution in [3.05, 3.63) is 17.5 Å². The molecule has 0 amide bonds. The van der Waals surface area contributed by atoms with Gasteiger partial charge in [-0.3, -0.25) is 4.90 Å². The summed E-state index contributed by atoms with van der Waals surface area (Å²) < 4.78 is 5.32. The summed E-state index contributed by atoms with van der Waals surface area (Å²) in [6.45, 7) is 11.9. The number of likely N-dealkylation sites (tertiary alicyclic amines) is 1. The molecule has 0 saturated carbocycles. The molecule has 0 aromatic carbocycles. The summed E-state index contributed by atoms with van der Waals surface area (Å²) >= 11 is 0. The van der Waals surface area contributed by atoms with Crippen LogP contribution in [0.4, 0.5) is 0 Å². The van der Waals surface area contributed by atoms with Gasteiger partial charge in [0.05, 0.1) is 12.2 Å². The first kappa shape index (κ1) is 13.6. The molecule has 1 aliphatic heterocycles. The second kappa shape index (κ2) is 5.85. The number of hydrogen-bond acceptors (Lipinski definition) is 4. The maximum Gasteiger partial charge on any atom is 0.150 e. The van der Waals surface area contributed by atoms with Gasteiger partial charge in [-0.25, -0.2) is 0 Å². The van der Waals surface area contributed by atoms with E-state index in [9.17, 15) is 0 Å². The van der Waals surface area contributed by atoms with Crippen LogP contribution in [0.2, 0.25) is 0 Å². The molecular weight excluding hydrogens is 226 g/mol. The molecular formula is C14H25N3O. The molecule has 2 heterocycles. The zero-order valence-electron chi connectivity index (χ0n) is 11.9. The summed E-state index contributed by atoms with van der Waals surface area (Å²) in [4.78, 5) is 2.50.